The average Bonchev–Trinajstić information content (AvgIpc) is 2.25. The van der Waals surface area contributed by atoms with E-state index in [4.69, 9.17) is 16.7 Å². The summed E-state index contributed by atoms with van der Waals surface area (Å²) in [6, 6.07) is -0.365. The molecule has 0 radical (unpaired) electrons. The quantitative estimate of drug-likeness (QED) is 0.334. The number of halogens is 1. The molecule has 0 aromatic rings. The van der Waals surface area contributed by atoms with Gasteiger partial charge in [-0.25, -0.2) is 0 Å². The fourth-order valence-corrected chi connectivity index (χ4v) is 1.01. The molecule has 5 nitrogen and oxygen atoms in total. The van der Waals surface area contributed by atoms with Crippen LogP contribution in [0.15, 0.2) is 0 Å². The number of carbonyl (C=O) groups is 2. The zero-order valence-corrected chi connectivity index (χ0v) is 9.51. The van der Waals surface area contributed by atoms with E-state index in [2.05, 4.69) is 10.6 Å². The van der Waals surface area contributed by atoms with E-state index in [9.17, 15) is 9.59 Å². The van der Waals surface area contributed by atoms with Crippen molar-refractivity contribution in [2.45, 2.75) is 25.8 Å². The molecule has 1 atom stereocenters. The number of rotatable bonds is 6. The predicted molar refractivity (Wildman–Crippen MR) is 57.7 cm³/mol. The summed E-state index contributed by atoms with van der Waals surface area (Å²) in [5, 5.41) is 13.6. The van der Waals surface area contributed by atoms with Crippen molar-refractivity contribution in [2.24, 2.45) is 0 Å². The fraction of sp³-hybridized carbons (Fsp3) is 0.778. The smallest absolute Gasteiger partial charge is 0.309 e. The van der Waals surface area contributed by atoms with Crippen LogP contribution in [0.1, 0.15) is 19.8 Å². The lowest BCUT2D eigenvalue weighted by atomic mass is 10.2. The molecule has 0 aliphatic rings. The second-order valence-corrected chi connectivity index (χ2v) is 3.44. The minimum Gasteiger partial charge on any atom is -0.394 e. The molecule has 6 heteroatoms. The van der Waals surface area contributed by atoms with E-state index >= 15 is 0 Å². The molecule has 0 aromatic heterocycles. The highest BCUT2D eigenvalue weighted by atomic mass is 35.5. The molecule has 0 heterocycles. The van der Waals surface area contributed by atoms with E-state index in [0.717, 1.165) is 0 Å². The standard InChI is InChI=1S/C9H17ClN2O3/c1-2-7(6-13)12-9(15)8(14)11-5-3-4-10/h7,13H,2-6H2,1H3,(H,11,14)(H,12,15). The highest BCUT2D eigenvalue weighted by Gasteiger charge is 2.16. The lowest BCUT2D eigenvalue weighted by Crippen LogP contribution is -2.45. The number of amides is 2. The summed E-state index contributed by atoms with van der Waals surface area (Å²) >= 11 is 5.41. The van der Waals surface area contributed by atoms with E-state index in [1.54, 1.807) is 0 Å². The van der Waals surface area contributed by atoms with Gasteiger partial charge in [0, 0.05) is 12.4 Å². The summed E-state index contributed by atoms with van der Waals surface area (Å²) in [5.74, 6) is -0.965. The summed E-state index contributed by atoms with van der Waals surface area (Å²) < 4.78 is 0. The zero-order chi connectivity index (χ0) is 11.7. The van der Waals surface area contributed by atoms with Crippen LogP contribution in [0.25, 0.3) is 0 Å². The van der Waals surface area contributed by atoms with Crippen molar-refractivity contribution in [1.82, 2.24) is 10.6 Å². The van der Waals surface area contributed by atoms with Gasteiger partial charge in [0.1, 0.15) is 0 Å². The maximum atomic E-state index is 11.2. The maximum absolute atomic E-state index is 11.2. The van der Waals surface area contributed by atoms with Gasteiger partial charge < -0.3 is 15.7 Å². The molecule has 2 amide bonds. The van der Waals surface area contributed by atoms with Gasteiger partial charge in [-0.1, -0.05) is 6.92 Å². The van der Waals surface area contributed by atoms with Crippen molar-refractivity contribution in [3.05, 3.63) is 0 Å². The van der Waals surface area contributed by atoms with Crippen molar-refractivity contribution >= 4 is 23.4 Å². The van der Waals surface area contributed by atoms with Crippen molar-refractivity contribution in [2.75, 3.05) is 19.0 Å². The van der Waals surface area contributed by atoms with Gasteiger partial charge in [-0.15, -0.1) is 11.6 Å². The number of nitrogens with one attached hydrogen (secondary N) is 2. The third-order valence-corrected chi connectivity index (χ3v) is 2.12. The van der Waals surface area contributed by atoms with Crippen LogP contribution >= 0.6 is 11.6 Å². The summed E-state index contributed by atoms with van der Waals surface area (Å²) in [7, 11) is 0. The highest BCUT2D eigenvalue weighted by molar-refractivity contribution is 6.35. The normalized spacial score (nSPS) is 11.9. The van der Waals surface area contributed by atoms with E-state index in [1.165, 1.54) is 0 Å². The number of aliphatic hydroxyl groups is 1. The average molecular weight is 237 g/mol. The van der Waals surface area contributed by atoms with E-state index < -0.39 is 11.8 Å². The first-order valence-electron chi connectivity index (χ1n) is 4.91. The van der Waals surface area contributed by atoms with Gasteiger partial charge in [-0.2, -0.15) is 0 Å². The Morgan fingerprint density at radius 1 is 1.40 bits per heavy atom. The van der Waals surface area contributed by atoms with Gasteiger partial charge in [-0.3, -0.25) is 9.59 Å². The second kappa shape index (κ2) is 8.49. The molecule has 3 N–H and O–H groups in total. The molecule has 0 saturated carbocycles. The molecule has 0 rings (SSSR count). The largest absolute Gasteiger partial charge is 0.394 e. The predicted octanol–water partition coefficient (Wildman–Crippen LogP) is -0.381. The Balaban J connectivity index is 3.82. The first kappa shape index (κ1) is 14.2. The topological polar surface area (TPSA) is 78.4 Å². The van der Waals surface area contributed by atoms with Crippen LogP contribution in [-0.2, 0) is 9.59 Å². The van der Waals surface area contributed by atoms with Crippen LogP contribution in [0.5, 0.6) is 0 Å². The molecule has 0 fully saturated rings. The number of hydrogen-bond donors (Lipinski definition) is 3. The van der Waals surface area contributed by atoms with Gasteiger partial charge >= 0.3 is 11.8 Å². The zero-order valence-electron chi connectivity index (χ0n) is 8.75. The van der Waals surface area contributed by atoms with Crippen LogP contribution in [0, 0.1) is 0 Å². The van der Waals surface area contributed by atoms with Crippen LogP contribution in [0.4, 0.5) is 0 Å². The first-order chi connectivity index (χ1) is 7.15. The van der Waals surface area contributed by atoms with Crippen LogP contribution in [0.2, 0.25) is 0 Å². The van der Waals surface area contributed by atoms with Gasteiger partial charge in [0.25, 0.3) is 0 Å². The number of carbonyl (C=O) groups excluding carboxylic acids is 2. The van der Waals surface area contributed by atoms with Crippen molar-refractivity contribution in [1.29, 1.82) is 0 Å². The van der Waals surface area contributed by atoms with E-state index in [0.29, 0.717) is 25.3 Å². The van der Waals surface area contributed by atoms with Gasteiger partial charge in [-0.05, 0) is 12.8 Å². The monoisotopic (exact) mass is 236 g/mol. The van der Waals surface area contributed by atoms with Crippen molar-refractivity contribution in [3.63, 3.8) is 0 Å². The van der Waals surface area contributed by atoms with Crippen molar-refractivity contribution in [3.8, 4) is 0 Å². The minimum atomic E-state index is -0.717. The Hall–Kier alpha value is -0.810. The second-order valence-electron chi connectivity index (χ2n) is 3.06. The number of alkyl halides is 1. The molecule has 0 aliphatic carbocycles. The molecule has 0 spiro atoms. The fourth-order valence-electron chi connectivity index (χ4n) is 0.877. The summed E-state index contributed by atoms with van der Waals surface area (Å²) in [6.07, 6.45) is 1.20. The lowest BCUT2D eigenvalue weighted by Gasteiger charge is -2.13. The van der Waals surface area contributed by atoms with Gasteiger partial charge in [0.15, 0.2) is 0 Å². The van der Waals surface area contributed by atoms with Gasteiger partial charge in [0.05, 0.1) is 12.6 Å². The van der Waals surface area contributed by atoms with Crippen LogP contribution in [-0.4, -0.2) is 42.0 Å². The summed E-state index contributed by atoms with van der Waals surface area (Å²) in [4.78, 5) is 22.3. The SMILES string of the molecule is CCC(CO)NC(=O)C(=O)NCCCCl. The van der Waals surface area contributed by atoms with E-state index in [1.807, 2.05) is 6.92 Å². The molecule has 0 aromatic carbocycles. The summed E-state index contributed by atoms with van der Waals surface area (Å²) in [5.41, 5.74) is 0. The maximum Gasteiger partial charge on any atom is 0.309 e. The molecule has 0 bridgehead atoms. The molecule has 88 valence electrons. The highest BCUT2D eigenvalue weighted by Crippen LogP contribution is 1.88. The van der Waals surface area contributed by atoms with Crippen LogP contribution in [0.3, 0.4) is 0 Å². The Bertz CT molecular complexity index is 208. The Kier molecular flexibility index (Phi) is 8.04. The Labute approximate surface area is 94.2 Å². The third kappa shape index (κ3) is 6.30. The third-order valence-electron chi connectivity index (χ3n) is 1.85. The van der Waals surface area contributed by atoms with Crippen LogP contribution < -0.4 is 10.6 Å². The number of hydrogen-bond acceptors (Lipinski definition) is 3. The minimum absolute atomic E-state index is 0.169. The van der Waals surface area contributed by atoms with Crippen molar-refractivity contribution < 1.29 is 14.7 Å². The van der Waals surface area contributed by atoms with Gasteiger partial charge in [0.2, 0.25) is 0 Å². The number of aliphatic hydroxyl groups excluding tert-OH is 1. The molecule has 0 aliphatic heterocycles. The molecule has 15 heavy (non-hydrogen) atoms. The Morgan fingerprint density at radius 2 is 2.07 bits per heavy atom. The van der Waals surface area contributed by atoms with E-state index in [-0.39, 0.29) is 12.6 Å². The molecular formula is C9H17ClN2O3. The lowest BCUT2D eigenvalue weighted by molar-refractivity contribution is -0.139. The first-order valence-corrected chi connectivity index (χ1v) is 5.44. The molecular weight excluding hydrogens is 220 g/mol. The molecule has 1 unspecified atom stereocenters. The molecule has 0 saturated heterocycles. The summed E-state index contributed by atoms with van der Waals surface area (Å²) in [6.45, 7) is 2.02. The Morgan fingerprint density at radius 3 is 2.53 bits per heavy atom.